The van der Waals surface area contributed by atoms with Crippen LogP contribution in [0.2, 0.25) is 0 Å². The van der Waals surface area contributed by atoms with Crippen molar-refractivity contribution in [2.24, 2.45) is 0 Å². The molecule has 10 aromatic rings. The summed E-state index contributed by atoms with van der Waals surface area (Å²) in [6.45, 7) is 4.69. The number of hydrogen-bond donors (Lipinski definition) is 0. The van der Waals surface area contributed by atoms with E-state index in [9.17, 15) is 0 Å². The number of aromatic nitrogens is 2. The molecule has 0 bridgehead atoms. The maximum Gasteiger partial charge on any atom is 0.0541 e. The van der Waals surface area contributed by atoms with Gasteiger partial charge in [0, 0.05) is 38.3 Å². The van der Waals surface area contributed by atoms with Crippen molar-refractivity contribution in [2.75, 3.05) is 0 Å². The van der Waals surface area contributed by atoms with E-state index in [1.165, 1.54) is 93.8 Å². The average Bonchev–Trinajstić information content (AvgIpc) is 3.81. The highest BCUT2D eigenvalue weighted by molar-refractivity contribution is 6.12. The first kappa shape index (κ1) is 30.0. The Kier molecular flexibility index (Phi) is 6.33. The summed E-state index contributed by atoms with van der Waals surface area (Å²) in [5, 5.41) is 5.05. The molecule has 2 nitrogen and oxygen atoms in total. The van der Waals surface area contributed by atoms with Crippen LogP contribution in [-0.4, -0.2) is 9.13 Å². The first-order valence-electron chi connectivity index (χ1n) is 18.5. The topological polar surface area (TPSA) is 9.86 Å². The van der Waals surface area contributed by atoms with Gasteiger partial charge in [0.25, 0.3) is 0 Å². The Hall–Kier alpha value is -6.64. The maximum absolute atomic E-state index is 2.45. The largest absolute Gasteiger partial charge is 0.309 e. The molecule has 0 saturated carbocycles. The number of nitrogens with zero attached hydrogens (tertiary/aromatic N) is 2. The van der Waals surface area contributed by atoms with E-state index in [1.807, 2.05) is 0 Å². The van der Waals surface area contributed by atoms with Crippen molar-refractivity contribution in [1.29, 1.82) is 0 Å². The molecule has 0 atom stereocenters. The van der Waals surface area contributed by atoms with E-state index in [-0.39, 0.29) is 5.41 Å². The number of para-hydroxylation sites is 2. The van der Waals surface area contributed by atoms with Crippen molar-refractivity contribution in [1.82, 2.24) is 9.13 Å². The summed E-state index contributed by atoms with van der Waals surface area (Å²) in [7, 11) is 0. The summed E-state index contributed by atoms with van der Waals surface area (Å²) in [5.74, 6) is 0. The highest BCUT2D eigenvalue weighted by atomic mass is 15.0. The Bertz CT molecular complexity index is 3060. The SMILES string of the molecule is CC1(C)c2ccccc2-c2cc(-n3c4ccccc4c4cc(-c5ccc6c(c5)c5ccccc5n6-c5ccc(-c6ccccc6)cc5)ccc43)ccc21. The quantitative estimate of drug-likeness (QED) is 0.176. The lowest BCUT2D eigenvalue weighted by molar-refractivity contribution is 0.660. The van der Waals surface area contributed by atoms with Gasteiger partial charge in [0.05, 0.1) is 22.1 Å². The van der Waals surface area contributed by atoms with Gasteiger partial charge in [0.1, 0.15) is 0 Å². The zero-order chi connectivity index (χ0) is 35.3. The van der Waals surface area contributed by atoms with Crippen LogP contribution in [0.3, 0.4) is 0 Å². The zero-order valence-electron chi connectivity index (χ0n) is 29.7. The van der Waals surface area contributed by atoms with E-state index < -0.39 is 0 Å². The third-order valence-electron chi connectivity index (χ3n) is 11.7. The molecule has 53 heavy (non-hydrogen) atoms. The minimum Gasteiger partial charge on any atom is -0.309 e. The molecule has 8 aromatic carbocycles. The minimum absolute atomic E-state index is 0.0133. The molecule has 1 aliphatic rings. The Morgan fingerprint density at radius 3 is 1.45 bits per heavy atom. The van der Waals surface area contributed by atoms with E-state index in [1.54, 1.807) is 0 Å². The molecule has 0 N–H and O–H groups in total. The fourth-order valence-electron chi connectivity index (χ4n) is 9.14. The van der Waals surface area contributed by atoms with Crippen LogP contribution in [0.25, 0.3) is 88.4 Å². The summed E-state index contributed by atoms with van der Waals surface area (Å²) in [5.41, 5.74) is 17.6. The van der Waals surface area contributed by atoms with Crippen molar-refractivity contribution < 1.29 is 0 Å². The summed E-state index contributed by atoms with van der Waals surface area (Å²) in [6, 6.07) is 67.1. The van der Waals surface area contributed by atoms with Gasteiger partial charge in [-0.1, -0.05) is 135 Å². The Morgan fingerprint density at radius 1 is 0.321 bits per heavy atom. The second kappa shape index (κ2) is 11.2. The molecule has 0 fully saturated rings. The lowest BCUT2D eigenvalue weighted by Crippen LogP contribution is -2.14. The van der Waals surface area contributed by atoms with Crippen molar-refractivity contribution in [2.45, 2.75) is 19.3 Å². The second-order valence-corrected chi connectivity index (χ2v) is 15.0. The number of hydrogen-bond acceptors (Lipinski definition) is 0. The highest BCUT2D eigenvalue weighted by Gasteiger charge is 2.35. The fourth-order valence-corrected chi connectivity index (χ4v) is 9.14. The monoisotopic (exact) mass is 676 g/mol. The zero-order valence-corrected chi connectivity index (χ0v) is 29.7. The van der Waals surface area contributed by atoms with E-state index >= 15 is 0 Å². The van der Waals surface area contributed by atoms with Crippen LogP contribution in [0.5, 0.6) is 0 Å². The smallest absolute Gasteiger partial charge is 0.0541 e. The van der Waals surface area contributed by atoms with Crippen LogP contribution in [0.4, 0.5) is 0 Å². The molecule has 0 radical (unpaired) electrons. The normalized spacial score (nSPS) is 13.2. The van der Waals surface area contributed by atoms with Gasteiger partial charge < -0.3 is 9.13 Å². The molecule has 1 aliphatic carbocycles. The molecule has 0 unspecified atom stereocenters. The van der Waals surface area contributed by atoms with Crippen molar-refractivity contribution >= 4 is 43.6 Å². The standard InChI is InChI=1S/C51H36N2/c1-51(2)45-17-9-6-14-39(45)42-32-38(26-27-46(42)51)53-48-19-11-8-16-41(48)44-31-36(23-29-50(44)53)35-22-28-49-43(30-35)40-15-7-10-18-47(40)52(49)37-24-20-34(21-25-37)33-12-4-3-5-13-33/h3-32H,1-2H3. The van der Waals surface area contributed by atoms with Gasteiger partial charge in [-0.05, 0) is 105 Å². The van der Waals surface area contributed by atoms with E-state index in [4.69, 9.17) is 0 Å². The molecule has 0 amide bonds. The molecule has 0 saturated heterocycles. The van der Waals surface area contributed by atoms with Gasteiger partial charge in [-0.3, -0.25) is 0 Å². The van der Waals surface area contributed by atoms with E-state index in [0.29, 0.717) is 0 Å². The summed E-state index contributed by atoms with van der Waals surface area (Å²) < 4.78 is 4.85. The predicted molar refractivity (Wildman–Crippen MR) is 224 cm³/mol. The molecule has 2 heterocycles. The first-order valence-corrected chi connectivity index (χ1v) is 18.5. The maximum atomic E-state index is 2.45. The van der Waals surface area contributed by atoms with Gasteiger partial charge in [-0.2, -0.15) is 0 Å². The number of benzene rings is 8. The van der Waals surface area contributed by atoms with Gasteiger partial charge in [-0.25, -0.2) is 0 Å². The van der Waals surface area contributed by atoms with Crippen molar-refractivity contribution in [3.05, 3.63) is 193 Å². The van der Waals surface area contributed by atoms with E-state index in [0.717, 1.165) is 5.69 Å². The second-order valence-electron chi connectivity index (χ2n) is 15.0. The Morgan fingerprint density at radius 2 is 0.792 bits per heavy atom. The van der Waals surface area contributed by atoms with Crippen LogP contribution in [0.1, 0.15) is 25.0 Å². The fraction of sp³-hybridized carbons (Fsp3) is 0.0588. The summed E-state index contributed by atoms with van der Waals surface area (Å²) in [6.07, 6.45) is 0. The average molecular weight is 677 g/mol. The number of rotatable bonds is 4. The van der Waals surface area contributed by atoms with Gasteiger partial charge in [0.2, 0.25) is 0 Å². The van der Waals surface area contributed by atoms with Gasteiger partial charge in [0.15, 0.2) is 0 Å². The molecular formula is C51H36N2. The molecular weight excluding hydrogens is 641 g/mol. The Balaban J connectivity index is 1.04. The molecule has 2 heteroatoms. The minimum atomic E-state index is -0.0133. The summed E-state index contributed by atoms with van der Waals surface area (Å²) in [4.78, 5) is 0. The van der Waals surface area contributed by atoms with Gasteiger partial charge in [-0.15, -0.1) is 0 Å². The van der Waals surface area contributed by atoms with Crippen molar-refractivity contribution in [3.63, 3.8) is 0 Å². The molecule has 11 rings (SSSR count). The number of fused-ring (bicyclic) bond motifs is 9. The van der Waals surface area contributed by atoms with E-state index in [2.05, 4.69) is 205 Å². The molecule has 250 valence electrons. The molecule has 0 spiro atoms. The lowest BCUT2D eigenvalue weighted by atomic mass is 9.82. The summed E-state index contributed by atoms with van der Waals surface area (Å²) >= 11 is 0. The van der Waals surface area contributed by atoms with Crippen LogP contribution in [0, 0.1) is 0 Å². The molecule has 2 aromatic heterocycles. The third-order valence-corrected chi connectivity index (χ3v) is 11.7. The lowest BCUT2D eigenvalue weighted by Gasteiger charge is -2.21. The van der Waals surface area contributed by atoms with Crippen LogP contribution in [-0.2, 0) is 5.41 Å². The van der Waals surface area contributed by atoms with Gasteiger partial charge >= 0.3 is 0 Å². The van der Waals surface area contributed by atoms with Crippen LogP contribution < -0.4 is 0 Å². The Labute approximate surface area is 308 Å². The molecule has 0 aliphatic heterocycles. The van der Waals surface area contributed by atoms with Crippen molar-refractivity contribution in [3.8, 4) is 44.8 Å². The van der Waals surface area contributed by atoms with Crippen LogP contribution >= 0.6 is 0 Å². The third kappa shape index (κ3) is 4.39. The predicted octanol–water partition coefficient (Wildman–Crippen LogP) is 13.5. The highest BCUT2D eigenvalue weighted by Crippen LogP contribution is 2.49. The van der Waals surface area contributed by atoms with Crippen LogP contribution in [0.15, 0.2) is 182 Å². The first-order chi connectivity index (χ1) is 26.0.